The summed E-state index contributed by atoms with van der Waals surface area (Å²) in [6, 6.07) is -0.662. The standard InChI is InChI=1S/C11H14N5O3.Y/c1-5-8-10(14-3-13-5)16(4-15-8)11-7(12)9(18)6(2-17)19-11;/h4,6-7,9,11,17-18H,2,12H2,1H3;/q-1;/t6-,7?,9+,11-;/m1./s1. The fourth-order valence-electron chi connectivity index (χ4n) is 2.28. The van der Waals surface area contributed by atoms with Gasteiger partial charge in [0.15, 0.2) is 0 Å². The molecule has 20 heavy (non-hydrogen) atoms. The molecule has 1 saturated heterocycles. The van der Waals surface area contributed by atoms with Crippen LogP contribution in [0.15, 0.2) is 6.33 Å². The molecule has 2 aromatic heterocycles. The molecule has 0 bridgehead atoms. The molecule has 9 heteroatoms. The number of hydrogen-bond acceptors (Lipinski definition) is 7. The van der Waals surface area contributed by atoms with E-state index in [4.69, 9.17) is 15.6 Å². The maximum Gasteiger partial charge on any atom is 0.144 e. The van der Waals surface area contributed by atoms with Gasteiger partial charge in [0.25, 0.3) is 0 Å². The molecule has 1 radical (unpaired) electrons. The minimum Gasteiger partial charge on any atom is -0.394 e. The number of ether oxygens (including phenoxy) is 1. The van der Waals surface area contributed by atoms with Crippen LogP contribution in [-0.4, -0.2) is 54.6 Å². The number of imidazole rings is 1. The van der Waals surface area contributed by atoms with Crippen LogP contribution in [0.2, 0.25) is 0 Å². The van der Waals surface area contributed by atoms with Crippen molar-refractivity contribution in [1.82, 2.24) is 19.5 Å². The third-order valence-electron chi connectivity index (χ3n) is 3.36. The van der Waals surface area contributed by atoms with Crippen molar-refractivity contribution in [3.05, 3.63) is 18.3 Å². The van der Waals surface area contributed by atoms with E-state index in [0.29, 0.717) is 16.9 Å². The number of rotatable bonds is 2. The molecule has 1 unspecified atom stereocenters. The van der Waals surface area contributed by atoms with Crippen LogP contribution in [0.3, 0.4) is 0 Å². The van der Waals surface area contributed by atoms with E-state index in [2.05, 4.69) is 21.3 Å². The molecule has 3 rings (SSSR count). The van der Waals surface area contributed by atoms with Crippen LogP contribution in [0.5, 0.6) is 0 Å². The van der Waals surface area contributed by atoms with E-state index in [-0.39, 0.29) is 39.3 Å². The van der Waals surface area contributed by atoms with Gasteiger partial charge in [0.1, 0.15) is 18.4 Å². The Morgan fingerprint density at radius 1 is 1.50 bits per heavy atom. The van der Waals surface area contributed by atoms with Gasteiger partial charge in [-0.05, 0) is 5.69 Å². The Kier molecular flexibility index (Phi) is 4.83. The molecule has 4 atom stereocenters. The topological polar surface area (TPSA) is 119 Å². The first-order valence-electron chi connectivity index (χ1n) is 5.90. The Bertz CT molecular complexity index is 607. The van der Waals surface area contributed by atoms with Crippen LogP contribution in [0.1, 0.15) is 11.9 Å². The van der Waals surface area contributed by atoms with Gasteiger partial charge in [-0.15, -0.1) is 0 Å². The second kappa shape index (κ2) is 6.09. The van der Waals surface area contributed by atoms with E-state index in [1.807, 2.05) is 0 Å². The van der Waals surface area contributed by atoms with E-state index >= 15 is 0 Å². The summed E-state index contributed by atoms with van der Waals surface area (Å²) in [5.41, 5.74) is 7.80. The van der Waals surface area contributed by atoms with Crippen molar-refractivity contribution in [2.45, 2.75) is 31.4 Å². The van der Waals surface area contributed by atoms with Gasteiger partial charge in [-0.3, -0.25) is 4.98 Å². The van der Waals surface area contributed by atoms with E-state index in [1.165, 1.54) is 6.33 Å². The summed E-state index contributed by atoms with van der Waals surface area (Å²) in [5.74, 6) is 0. The second-order valence-corrected chi connectivity index (χ2v) is 4.55. The van der Waals surface area contributed by atoms with Gasteiger partial charge in [0.2, 0.25) is 0 Å². The van der Waals surface area contributed by atoms with Gasteiger partial charge < -0.3 is 35.2 Å². The maximum atomic E-state index is 9.87. The second-order valence-electron chi connectivity index (χ2n) is 4.55. The average Bonchev–Trinajstić information content (AvgIpc) is 2.94. The van der Waals surface area contributed by atoms with E-state index < -0.39 is 24.5 Å². The Labute approximate surface area is 140 Å². The summed E-state index contributed by atoms with van der Waals surface area (Å²) in [6.07, 6.45) is 1.81. The number of nitrogens with zero attached hydrogens (tertiary/aromatic N) is 4. The molecule has 105 valence electrons. The normalized spacial score (nSPS) is 29.6. The number of aryl methyl sites for hydroxylation is 1. The van der Waals surface area contributed by atoms with Crippen LogP contribution in [0, 0.1) is 13.3 Å². The molecule has 3 heterocycles. The minimum atomic E-state index is -0.931. The number of aromatic nitrogens is 4. The van der Waals surface area contributed by atoms with Crippen molar-refractivity contribution < 1.29 is 47.7 Å². The summed E-state index contributed by atoms with van der Waals surface area (Å²) >= 11 is 0. The molecule has 1 fully saturated rings. The summed E-state index contributed by atoms with van der Waals surface area (Å²) in [6.45, 7) is 1.51. The minimum absolute atomic E-state index is 0. The number of aliphatic hydroxyl groups excluding tert-OH is 2. The smallest absolute Gasteiger partial charge is 0.144 e. The molecular weight excluding hydrogens is 339 g/mol. The van der Waals surface area contributed by atoms with Crippen molar-refractivity contribution in [2.75, 3.05) is 6.61 Å². The average molecular weight is 353 g/mol. The Morgan fingerprint density at radius 3 is 2.90 bits per heavy atom. The van der Waals surface area contributed by atoms with Gasteiger partial charge in [0, 0.05) is 44.6 Å². The first-order valence-corrected chi connectivity index (χ1v) is 5.90. The zero-order valence-corrected chi connectivity index (χ0v) is 13.7. The number of fused-ring (bicyclic) bond motifs is 1. The third kappa shape index (κ3) is 2.40. The number of aliphatic hydroxyl groups is 2. The van der Waals surface area contributed by atoms with Gasteiger partial charge in [-0.25, -0.2) is 0 Å². The van der Waals surface area contributed by atoms with Crippen LogP contribution in [-0.2, 0) is 37.4 Å². The van der Waals surface area contributed by atoms with E-state index in [9.17, 15) is 5.11 Å². The van der Waals surface area contributed by atoms with Gasteiger partial charge in [-0.2, -0.15) is 0 Å². The molecule has 0 aliphatic carbocycles. The predicted octanol–water partition coefficient (Wildman–Crippen LogP) is -1.49. The molecule has 0 saturated carbocycles. The Hall–Kier alpha value is -0.506. The zero-order chi connectivity index (χ0) is 13.6. The first-order chi connectivity index (χ1) is 9.13. The SMILES string of the molecule is Cc1n[c-]nc2c1ncn2[C@@H]1O[C@H](CO)[C@H](O)C1N.[Y]. The summed E-state index contributed by atoms with van der Waals surface area (Å²) < 4.78 is 7.18. The Balaban J connectivity index is 0.00000147. The van der Waals surface area contributed by atoms with Gasteiger partial charge in [-0.1, -0.05) is 6.92 Å². The largest absolute Gasteiger partial charge is 0.394 e. The Morgan fingerprint density at radius 2 is 2.25 bits per heavy atom. The van der Waals surface area contributed by atoms with Crippen molar-refractivity contribution in [3.8, 4) is 0 Å². The fourth-order valence-corrected chi connectivity index (χ4v) is 2.28. The van der Waals surface area contributed by atoms with Crippen molar-refractivity contribution in [1.29, 1.82) is 0 Å². The van der Waals surface area contributed by atoms with Crippen molar-refractivity contribution in [3.63, 3.8) is 0 Å². The van der Waals surface area contributed by atoms with Crippen LogP contribution in [0.25, 0.3) is 11.2 Å². The fraction of sp³-hybridized carbons (Fsp3) is 0.545. The summed E-state index contributed by atoms with van der Waals surface area (Å²) in [7, 11) is 0. The van der Waals surface area contributed by atoms with Crippen LogP contribution >= 0.6 is 0 Å². The molecule has 2 aromatic rings. The molecule has 8 nitrogen and oxygen atoms in total. The molecular formula is C11H14N5O3Y-. The van der Waals surface area contributed by atoms with Crippen LogP contribution < -0.4 is 5.73 Å². The summed E-state index contributed by atoms with van der Waals surface area (Å²) in [5, 5.41) is 19.0. The van der Waals surface area contributed by atoms with E-state index in [0.717, 1.165) is 0 Å². The quantitative estimate of drug-likeness (QED) is 0.563. The molecule has 0 amide bonds. The molecule has 4 N–H and O–H groups in total. The molecule has 1 aliphatic rings. The van der Waals surface area contributed by atoms with Crippen molar-refractivity contribution >= 4 is 11.2 Å². The maximum absolute atomic E-state index is 9.87. The molecule has 0 aromatic carbocycles. The monoisotopic (exact) mass is 353 g/mol. The first kappa shape index (κ1) is 15.9. The third-order valence-corrected chi connectivity index (χ3v) is 3.36. The van der Waals surface area contributed by atoms with Gasteiger partial charge in [0.05, 0.1) is 24.6 Å². The van der Waals surface area contributed by atoms with E-state index in [1.54, 1.807) is 11.5 Å². The number of hydrogen-bond donors (Lipinski definition) is 3. The van der Waals surface area contributed by atoms with Gasteiger partial charge >= 0.3 is 0 Å². The zero-order valence-electron chi connectivity index (χ0n) is 10.8. The molecule has 1 aliphatic heterocycles. The predicted molar refractivity (Wildman–Crippen MR) is 63.9 cm³/mol. The summed E-state index contributed by atoms with van der Waals surface area (Å²) in [4.78, 5) is 12.2. The van der Waals surface area contributed by atoms with Crippen molar-refractivity contribution in [2.24, 2.45) is 5.73 Å². The molecule has 0 spiro atoms. The van der Waals surface area contributed by atoms with Crippen LogP contribution in [0.4, 0.5) is 0 Å². The number of nitrogens with two attached hydrogens (primary N) is 1.